The Bertz CT molecular complexity index is 281. The van der Waals surface area contributed by atoms with Crippen LogP contribution in [0.25, 0.3) is 0 Å². The Kier molecular flexibility index (Phi) is 1.25. The SMILES string of the molecule is CC1(C)BOc2ccccc21. The summed E-state index contributed by atoms with van der Waals surface area (Å²) in [6.07, 6.45) is 0. The summed E-state index contributed by atoms with van der Waals surface area (Å²) >= 11 is 0. The van der Waals surface area contributed by atoms with Crippen molar-refractivity contribution in [1.82, 2.24) is 0 Å². The first-order chi connectivity index (χ1) is 5.20. The zero-order valence-electron chi connectivity index (χ0n) is 6.92. The van der Waals surface area contributed by atoms with Gasteiger partial charge in [0.25, 0.3) is 0 Å². The van der Waals surface area contributed by atoms with Gasteiger partial charge in [0.2, 0.25) is 0 Å². The number of hydrogen-bond acceptors (Lipinski definition) is 1. The van der Waals surface area contributed by atoms with E-state index < -0.39 is 0 Å². The van der Waals surface area contributed by atoms with E-state index in [9.17, 15) is 0 Å². The predicted octanol–water partition coefficient (Wildman–Crippen LogP) is 1.67. The van der Waals surface area contributed by atoms with Crippen LogP contribution < -0.4 is 4.65 Å². The molecule has 1 aliphatic rings. The lowest BCUT2D eigenvalue weighted by Crippen LogP contribution is -2.22. The fourth-order valence-corrected chi connectivity index (χ4v) is 1.49. The lowest BCUT2D eigenvalue weighted by Gasteiger charge is -2.12. The van der Waals surface area contributed by atoms with Crippen LogP contribution in [0.2, 0.25) is 0 Å². The van der Waals surface area contributed by atoms with E-state index in [0.717, 1.165) is 13.2 Å². The molecule has 0 radical (unpaired) electrons. The van der Waals surface area contributed by atoms with Crippen LogP contribution in [0.5, 0.6) is 5.75 Å². The normalized spacial score (nSPS) is 18.4. The zero-order chi connectivity index (χ0) is 7.90. The average molecular weight is 146 g/mol. The summed E-state index contributed by atoms with van der Waals surface area (Å²) < 4.78 is 5.51. The van der Waals surface area contributed by atoms with Crippen molar-refractivity contribution in [2.75, 3.05) is 0 Å². The predicted molar refractivity (Wildman–Crippen MR) is 47.2 cm³/mol. The molecular weight excluding hydrogens is 135 g/mol. The van der Waals surface area contributed by atoms with Crippen LogP contribution in [0.15, 0.2) is 24.3 Å². The molecule has 0 spiro atoms. The van der Waals surface area contributed by atoms with Gasteiger partial charge in [0.15, 0.2) is 0 Å². The number of hydrogen-bond donors (Lipinski definition) is 0. The van der Waals surface area contributed by atoms with Crippen LogP contribution in [0, 0.1) is 0 Å². The molecule has 0 bridgehead atoms. The molecule has 0 fully saturated rings. The Labute approximate surface area is 67.7 Å². The number of benzene rings is 1. The average Bonchev–Trinajstić information content (AvgIpc) is 2.29. The van der Waals surface area contributed by atoms with Crippen molar-refractivity contribution in [1.29, 1.82) is 0 Å². The molecule has 2 rings (SSSR count). The first-order valence-electron chi connectivity index (χ1n) is 3.92. The van der Waals surface area contributed by atoms with Crippen LogP contribution in [-0.4, -0.2) is 7.48 Å². The van der Waals surface area contributed by atoms with Crippen molar-refractivity contribution in [3.63, 3.8) is 0 Å². The van der Waals surface area contributed by atoms with Crippen molar-refractivity contribution in [3.05, 3.63) is 29.8 Å². The van der Waals surface area contributed by atoms with Gasteiger partial charge in [-0.1, -0.05) is 32.0 Å². The Morgan fingerprint density at radius 2 is 2.00 bits per heavy atom. The maximum absolute atomic E-state index is 5.51. The number of para-hydroxylation sites is 1. The maximum atomic E-state index is 5.51. The van der Waals surface area contributed by atoms with Crippen molar-refractivity contribution in [2.45, 2.75) is 19.2 Å². The molecule has 0 amide bonds. The van der Waals surface area contributed by atoms with E-state index in [2.05, 4.69) is 26.0 Å². The first kappa shape index (κ1) is 6.77. The van der Waals surface area contributed by atoms with Crippen LogP contribution in [-0.2, 0) is 5.31 Å². The van der Waals surface area contributed by atoms with Gasteiger partial charge in [0, 0.05) is 5.31 Å². The van der Waals surface area contributed by atoms with Gasteiger partial charge in [-0.15, -0.1) is 0 Å². The van der Waals surface area contributed by atoms with E-state index in [1.807, 2.05) is 12.1 Å². The highest BCUT2D eigenvalue weighted by Crippen LogP contribution is 2.36. The molecule has 1 aromatic carbocycles. The van der Waals surface area contributed by atoms with E-state index in [0.29, 0.717) is 0 Å². The Morgan fingerprint density at radius 3 is 2.73 bits per heavy atom. The molecule has 0 unspecified atom stereocenters. The molecule has 1 heterocycles. The van der Waals surface area contributed by atoms with Gasteiger partial charge in [-0.2, -0.15) is 0 Å². The zero-order valence-corrected chi connectivity index (χ0v) is 6.92. The minimum Gasteiger partial charge on any atom is -0.563 e. The molecule has 0 saturated heterocycles. The first-order valence-corrected chi connectivity index (χ1v) is 3.92. The summed E-state index contributed by atoms with van der Waals surface area (Å²) in [5.41, 5.74) is 1.33. The fraction of sp³-hybridized carbons (Fsp3) is 0.333. The molecule has 2 heteroatoms. The van der Waals surface area contributed by atoms with Crippen LogP contribution >= 0.6 is 0 Å². The molecule has 0 N–H and O–H groups in total. The minimum atomic E-state index is 0.205. The van der Waals surface area contributed by atoms with Crippen molar-refractivity contribution >= 4 is 7.48 Å². The summed E-state index contributed by atoms with van der Waals surface area (Å²) in [6, 6.07) is 8.25. The number of rotatable bonds is 0. The third-order valence-corrected chi connectivity index (χ3v) is 2.20. The molecule has 11 heavy (non-hydrogen) atoms. The Balaban J connectivity index is 2.56. The lowest BCUT2D eigenvalue weighted by molar-refractivity contribution is 0.601. The fourth-order valence-electron chi connectivity index (χ4n) is 1.49. The summed E-state index contributed by atoms with van der Waals surface area (Å²) in [5, 5.41) is 0.205. The number of fused-ring (bicyclic) bond motifs is 1. The molecule has 0 atom stereocenters. The van der Waals surface area contributed by atoms with Gasteiger partial charge in [-0.05, 0) is 11.6 Å². The van der Waals surface area contributed by atoms with Crippen molar-refractivity contribution in [3.8, 4) is 5.75 Å². The van der Waals surface area contributed by atoms with Gasteiger partial charge in [0.05, 0.1) is 0 Å². The Morgan fingerprint density at radius 1 is 1.27 bits per heavy atom. The molecule has 0 saturated carbocycles. The summed E-state index contributed by atoms with van der Waals surface area (Å²) in [7, 11) is 0.812. The third kappa shape index (κ3) is 0.935. The quantitative estimate of drug-likeness (QED) is 0.505. The van der Waals surface area contributed by atoms with Gasteiger partial charge >= 0.3 is 7.48 Å². The molecule has 0 aliphatic carbocycles. The van der Waals surface area contributed by atoms with Crippen molar-refractivity contribution in [2.24, 2.45) is 0 Å². The standard InChI is InChI=1S/C9H11BO/c1-9(2)7-5-3-4-6-8(7)11-10-9/h3-6,10H,1-2H3. The van der Waals surface area contributed by atoms with E-state index in [-0.39, 0.29) is 5.31 Å². The largest absolute Gasteiger partial charge is 0.563 e. The minimum absolute atomic E-state index is 0.205. The Hall–Kier alpha value is -0.915. The van der Waals surface area contributed by atoms with E-state index >= 15 is 0 Å². The third-order valence-electron chi connectivity index (χ3n) is 2.20. The second-order valence-electron chi connectivity index (χ2n) is 3.67. The molecule has 56 valence electrons. The highest BCUT2D eigenvalue weighted by atomic mass is 16.4. The molecule has 1 aromatic rings. The lowest BCUT2D eigenvalue weighted by atomic mass is 9.65. The molecular formula is C9H11BO. The molecule has 1 aliphatic heterocycles. The smallest absolute Gasteiger partial charge is 0.350 e. The summed E-state index contributed by atoms with van der Waals surface area (Å²) in [5.74, 6) is 1.05. The van der Waals surface area contributed by atoms with Crippen molar-refractivity contribution < 1.29 is 4.65 Å². The summed E-state index contributed by atoms with van der Waals surface area (Å²) in [4.78, 5) is 0. The van der Waals surface area contributed by atoms with Gasteiger partial charge < -0.3 is 4.65 Å². The van der Waals surface area contributed by atoms with E-state index in [1.54, 1.807) is 0 Å². The van der Waals surface area contributed by atoms with Gasteiger partial charge in [-0.25, -0.2) is 0 Å². The maximum Gasteiger partial charge on any atom is 0.350 e. The van der Waals surface area contributed by atoms with Gasteiger partial charge in [0.1, 0.15) is 5.75 Å². The second kappa shape index (κ2) is 2.03. The molecule has 1 nitrogen and oxygen atoms in total. The van der Waals surface area contributed by atoms with Crippen LogP contribution in [0.1, 0.15) is 19.4 Å². The summed E-state index contributed by atoms with van der Waals surface area (Å²) in [6.45, 7) is 4.41. The highest BCUT2D eigenvalue weighted by Gasteiger charge is 2.33. The highest BCUT2D eigenvalue weighted by molar-refractivity contribution is 6.35. The van der Waals surface area contributed by atoms with E-state index in [1.165, 1.54) is 5.56 Å². The monoisotopic (exact) mass is 146 g/mol. The van der Waals surface area contributed by atoms with E-state index in [4.69, 9.17) is 4.65 Å². The molecule has 0 aromatic heterocycles. The topological polar surface area (TPSA) is 9.23 Å². The van der Waals surface area contributed by atoms with Crippen LogP contribution in [0.3, 0.4) is 0 Å². The second-order valence-corrected chi connectivity index (χ2v) is 3.67. The van der Waals surface area contributed by atoms with Crippen LogP contribution in [0.4, 0.5) is 0 Å². The van der Waals surface area contributed by atoms with Gasteiger partial charge in [-0.3, -0.25) is 0 Å².